The Balaban J connectivity index is 2.46. The van der Waals surface area contributed by atoms with E-state index in [-0.39, 0.29) is 12.5 Å². The van der Waals surface area contributed by atoms with Gasteiger partial charge in [0.15, 0.2) is 0 Å². The molecule has 0 aromatic carbocycles. The van der Waals surface area contributed by atoms with E-state index in [0.717, 1.165) is 37.9 Å². The van der Waals surface area contributed by atoms with E-state index in [4.69, 9.17) is 5.11 Å². The molecule has 3 nitrogen and oxygen atoms in total. The van der Waals surface area contributed by atoms with Crippen molar-refractivity contribution in [2.75, 3.05) is 19.7 Å². The summed E-state index contributed by atoms with van der Waals surface area (Å²) in [5.74, 6) is 0.553. The van der Waals surface area contributed by atoms with Crippen LogP contribution < -0.4 is 0 Å². The summed E-state index contributed by atoms with van der Waals surface area (Å²) in [7, 11) is 0. The molecule has 86 valence electrons. The van der Waals surface area contributed by atoms with Gasteiger partial charge < -0.3 is 10.0 Å². The first-order chi connectivity index (χ1) is 7.19. The smallest absolute Gasteiger partial charge is 0.249 e. The van der Waals surface area contributed by atoms with Crippen LogP contribution in [0.4, 0.5) is 0 Å². The monoisotopic (exact) mass is 211 g/mol. The molecule has 1 fully saturated rings. The highest BCUT2D eigenvalue weighted by Gasteiger charge is 2.22. The summed E-state index contributed by atoms with van der Waals surface area (Å²) in [6.07, 6.45) is 4.74. The van der Waals surface area contributed by atoms with E-state index >= 15 is 0 Å². The van der Waals surface area contributed by atoms with Crippen molar-refractivity contribution in [1.29, 1.82) is 0 Å². The summed E-state index contributed by atoms with van der Waals surface area (Å²) < 4.78 is 0. The molecule has 0 aliphatic carbocycles. The fourth-order valence-electron chi connectivity index (χ4n) is 1.96. The van der Waals surface area contributed by atoms with Gasteiger partial charge in [0.25, 0.3) is 0 Å². The van der Waals surface area contributed by atoms with Crippen LogP contribution in [-0.2, 0) is 4.79 Å². The summed E-state index contributed by atoms with van der Waals surface area (Å²) in [6.45, 7) is 5.75. The number of allylic oxidation sites excluding steroid dienone is 1. The van der Waals surface area contributed by atoms with Crippen LogP contribution in [-0.4, -0.2) is 35.6 Å². The third-order valence-corrected chi connectivity index (χ3v) is 3.01. The van der Waals surface area contributed by atoms with E-state index < -0.39 is 0 Å². The molecule has 1 rings (SSSR count). The Kier molecular flexibility index (Phi) is 4.82. The van der Waals surface area contributed by atoms with Gasteiger partial charge in [-0.05, 0) is 32.1 Å². The summed E-state index contributed by atoms with van der Waals surface area (Å²) in [5.41, 5.74) is 0.847. The van der Waals surface area contributed by atoms with Gasteiger partial charge >= 0.3 is 0 Å². The molecule has 1 N–H and O–H groups in total. The Morgan fingerprint density at radius 3 is 2.53 bits per heavy atom. The van der Waals surface area contributed by atoms with Gasteiger partial charge in [0.05, 0.1) is 0 Å². The van der Waals surface area contributed by atoms with Gasteiger partial charge in [0.2, 0.25) is 5.91 Å². The normalized spacial score (nSPS) is 19.4. The van der Waals surface area contributed by atoms with Gasteiger partial charge in [-0.2, -0.15) is 0 Å². The van der Waals surface area contributed by atoms with Gasteiger partial charge in [-0.25, -0.2) is 0 Å². The molecule has 1 aliphatic heterocycles. The highest BCUT2D eigenvalue weighted by molar-refractivity contribution is 5.92. The van der Waals surface area contributed by atoms with Crippen LogP contribution in [0, 0.1) is 5.92 Å². The van der Waals surface area contributed by atoms with Crippen molar-refractivity contribution < 1.29 is 9.90 Å². The van der Waals surface area contributed by atoms with Crippen LogP contribution in [0.15, 0.2) is 11.6 Å². The number of likely N-dealkylation sites (tertiary alicyclic amines) is 1. The molecule has 0 atom stereocenters. The van der Waals surface area contributed by atoms with Crippen molar-refractivity contribution in [3.8, 4) is 0 Å². The van der Waals surface area contributed by atoms with Gasteiger partial charge in [-0.15, -0.1) is 0 Å². The number of aliphatic hydroxyl groups excluding tert-OH is 1. The lowest BCUT2D eigenvalue weighted by Crippen LogP contribution is -2.39. The van der Waals surface area contributed by atoms with Crippen molar-refractivity contribution in [1.82, 2.24) is 4.90 Å². The third kappa shape index (κ3) is 3.34. The largest absolute Gasteiger partial charge is 0.396 e. The topological polar surface area (TPSA) is 40.5 Å². The molecule has 3 heteroatoms. The number of carbonyl (C=O) groups excluding carboxylic acids is 1. The molecule has 0 saturated carbocycles. The number of hydrogen-bond acceptors (Lipinski definition) is 2. The lowest BCUT2D eigenvalue weighted by atomic mass is 9.97. The number of nitrogens with zero attached hydrogens (tertiary/aromatic N) is 1. The second-order valence-electron chi connectivity index (χ2n) is 4.21. The number of carbonyl (C=O) groups is 1. The summed E-state index contributed by atoms with van der Waals surface area (Å²) in [5, 5.41) is 8.99. The minimum atomic E-state index is 0.160. The van der Waals surface area contributed by atoms with Gasteiger partial charge in [0, 0.05) is 25.3 Å². The van der Waals surface area contributed by atoms with Crippen LogP contribution in [0.25, 0.3) is 0 Å². The quantitative estimate of drug-likeness (QED) is 0.720. The fourth-order valence-corrected chi connectivity index (χ4v) is 1.96. The third-order valence-electron chi connectivity index (χ3n) is 3.01. The fraction of sp³-hybridized carbons (Fsp3) is 0.750. The highest BCUT2D eigenvalue weighted by Crippen LogP contribution is 2.17. The van der Waals surface area contributed by atoms with E-state index in [0.29, 0.717) is 5.92 Å². The zero-order valence-electron chi connectivity index (χ0n) is 9.70. The first-order valence-electron chi connectivity index (χ1n) is 5.76. The van der Waals surface area contributed by atoms with Crippen LogP contribution in [0.2, 0.25) is 0 Å². The standard InChI is InChI=1S/C12H21NO2/c1-3-4-10(2)12(15)13-7-5-11(9-14)6-8-13/h4,11,14H,3,5-9H2,1-2H3/b10-4+. The predicted molar refractivity (Wildman–Crippen MR) is 60.4 cm³/mol. The van der Waals surface area contributed by atoms with Crippen LogP contribution in [0.5, 0.6) is 0 Å². The Labute approximate surface area is 91.8 Å². The Morgan fingerprint density at radius 1 is 1.47 bits per heavy atom. The van der Waals surface area contributed by atoms with Crippen molar-refractivity contribution in [2.45, 2.75) is 33.1 Å². The van der Waals surface area contributed by atoms with E-state index in [1.54, 1.807) is 0 Å². The second kappa shape index (κ2) is 5.91. The molecule has 0 spiro atoms. The molecule has 1 amide bonds. The molecule has 1 aliphatic rings. The lowest BCUT2D eigenvalue weighted by Gasteiger charge is -2.31. The van der Waals surface area contributed by atoms with Crippen LogP contribution >= 0.6 is 0 Å². The van der Waals surface area contributed by atoms with Gasteiger partial charge in [-0.1, -0.05) is 13.0 Å². The van der Waals surface area contributed by atoms with Gasteiger partial charge in [0.1, 0.15) is 0 Å². The summed E-state index contributed by atoms with van der Waals surface area (Å²) in [6, 6.07) is 0. The van der Waals surface area contributed by atoms with E-state index in [2.05, 4.69) is 0 Å². The van der Waals surface area contributed by atoms with Gasteiger partial charge in [-0.3, -0.25) is 4.79 Å². The highest BCUT2D eigenvalue weighted by atomic mass is 16.3. The maximum atomic E-state index is 11.9. The second-order valence-corrected chi connectivity index (χ2v) is 4.21. The number of piperidine rings is 1. The van der Waals surface area contributed by atoms with E-state index in [9.17, 15) is 4.79 Å². The van der Waals surface area contributed by atoms with Crippen molar-refractivity contribution in [3.05, 3.63) is 11.6 Å². The zero-order valence-corrected chi connectivity index (χ0v) is 9.70. The minimum absolute atomic E-state index is 0.160. The molecule has 0 aromatic rings. The molecule has 1 saturated heterocycles. The Bertz CT molecular complexity index is 240. The molecule has 0 unspecified atom stereocenters. The number of aliphatic hydroxyl groups is 1. The van der Waals surface area contributed by atoms with Crippen molar-refractivity contribution >= 4 is 5.91 Å². The molecule has 15 heavy (non-hydrogen) atoms. The maximum absolute atomic E-state index is 11.9. The number of amides is 1. The SMILES string of the molecule is CC/C=C(\C)C(=O)N1CCC(CO)CC1. The molecule has 0 bridgehead atoms. The Hall–Kier alpha value is -0.830. The van der Waals surface area contributed by atoms with Crippen LogP contribution in [0.3, 0.4) is 0 Å². The Morgan fingerprint density at radius 2 is 2.07 bits per heavy atom. The first-order valence-corrected chi connectivity index (χ1v) is 5.76. The molecular formula is C12H21NO2. The maximum Gasteiger partial charge on any atom is 0.249 e. The minimum Gasteiger partial charge on any atom is -0.396 e. The molecular weight excluding hydrogens is 190 g/mol. The van der Waals surface area contributed by atoms with Crippen LogP contribution in [0.1, 0.15) is 33.1 Å². The molecule has 1 heterocycles. The average molecular weight is 211 g/mol. The van der Waals surface area contributed by atoms with Crippen molar-refractivity contribution in [2.24, 2.45) is 5.92 Å². The molecule has 0 aromatic heterocycles. The number of hydrogen-bond donors (Lipinski definition) is 1. The van der Waals surface area contributed by atoms with Crippen molar-refractivity contribution in [3.63, 3.8) is 0 Å². The molecule has 0 radical (unpaired) electrons. The number of rotatable bonds is 3. The predicted octanol–water partition coefficient (Wildman–Crippen LogP) is 1.57. The zero-order chi connectivity index (χ0) is 11.3. The summed E-state index contributed by atoms with van der Waals surface area (Å²) in [4.78, 5) is 13.8. The lowest BCUT2D eigenvalue weighted by molar-refractivity contribution is -0.128. The van der Waals surface area contributed by atoms with E-state index in [1.807, 2.05) is 24.8 Å². The average Bonchev–Trinajstić information content (AvgIpc) is 2.28. The first kappa shape index (κ1) is 12.2. The summed E-state index contributed by atoms with van der Waals surface area (Å²) >= 11 is 0. The van der Waals surface area contributed by atoms with E-state index in [1.165, 1.54) is 0 Å².